The molecule has 26 heavy (non-hydrogen) atoms. The molecule has 0 spiro atoms. The van der Waals surface area contributed by atoms with Crippen molar-refractivity contribution in [2.24, 2.45) is 11.8 Å². The van der Waals surface area contributed by atoms with E-state index in [-0.39, 0.29) is 16.9 Å². The number of carbonyl (C=O) groups is 1. The highest BCUT2D eigenvalue weighted by Crippen LogP contribution is 2.50. The van der Waals surface area contributed by atoms with Gasteiger partial charge in [0, 0.05) is 31.1 Å². The summed E-state index contributed by atoms with van der Waals surface area (Å²) in [5, 5.41) is 0.481. The monoisotopic (exact) mass is 397 g/mol. The van der Waals surface area contributed by atoms with Crippen molar-refractivity contribution in [2.45, 2.75) is 47.9 Å². The summed E-state index contributed by atoms with van der Waals surface area (Å²) in [5.74, 6) is 0.523. The van der Waals surface area contributed by atoms with E-state index in [4.69, 9.17) is 16.3 Å². The van der Waals surface area contributed by atoms with Gasteiger partial charge < -0.3 is 9.64 Å². The van der Waals surface area contributed by atoms with E-state index in [1.54, 1.807) is 24.1 Å². The summed E-state index contributed by atoms with van der Waals surface area (Å²) < 4.78 is 30.6. The zero-order valence-corrected chi connectivity index (χ0v) is 16.4. The Morgan fingerprint density at radius 2 is 1.88 bits per heavy atom. The van der Waals surface area contributed by atoms with Crippen molar-refractivity contribution in [3.63, 3.8) is 0 Å². The van der Waals surface area contributed by atoms with E-state index in [1.165, 1.54) is 12.1 Å². The fourth-order valence-electron chi connectivity index (χ4n) is 4.72. The largest absolute Gasteiger partial charge is 0.381 e. The van der Waals surface area contributed by atoms with Gasteiger partial charge in [-0.25, -0.2) is 8.42 Å². The molecule has 0 aromatic heterocycles. The Labute approximate surface area is 159 Å². The Balaban J connectivity index is 1.57. The van der Waals surface area contributed by atoms with Gasteiger partial charge in [0.05, 0.1) is 11.0 Å². The van der Waals surface area contributed by atoms with Crippen LogP contribution in [0.4, 0.5) is 0 Å². The number of hydrogen-bond donors (Lipinski definition) is 0. The number of amides is 1. The molecule has 0 N–H and O–H groups in total. The fraction of sp³-hybridized carbons (Fsp3) is 0.632. The van der Waals surface area contributed by atoms with Crippen molar-refractivity contribution >= 4 is 27.3 Å². The van der Waals surface area contributed by atoms with E-state index in [9.17, 15) is 13.2 Å². The molecule has 1 aromatic carbocycles. The van der Waals surface area contributed by atoms with Crippen molar-refractivity contribution in [2.75, 3.05) is 20.2 Å². The molecular weight excluding hydrogens is 374 g/mol. The van der Waals surface area contributed by atoms with E-state index in [0.29, 0.717) is 42.8 Å². The zero-order chi connectivity index (χ0) is 18.5. The minimum atomic E-state index is -3.71. The number of benzene rings is 1. The maximum atomic E-state index is 13.2. The first-order chi connectivity index (χ1) is 12.4. The second-order valence-corrected chi connectivity index (χ2v) is 10.5. The SMILES string of the molecule is CO[C@@H]1CCC[C@@H]2CN(C(=O)C3(S(=O)(=O)c4ccc(Cl)cc4)CC3)C[C@@H]21. The molecule has 0 unspecified atom stereocenters. The summed E-state index contributed by atoms with van der Waals surface area (Å²) in [6.45, 7) is 1.27. The highest BCUT2D eigenvalue weighted by atomic mass is 35.5. The second kappa shape index (κ2) is 6.50. The van der Waals surface area contributed by atoms with Gasteiger partial charge in [-0.3, -0.25) is 4.79 Å². The van der Waals surface area contributed by atoms with Gasteiger partial charge in [0.15, 0.2) is 14.6 Å². The van der Waals surface area contributed by atoms with Crippen LogP contribution in [0.25, 0.3) is 0 Å². The standard InChI is InChI=1S/C19H24ClNO4S/c1-25-17-4-2-3-13-11-21(12-16(13)17)18(22)19(9-10-19)26(23,24)15-7-5-14(20)6-8-15/h5-8,13,16-17H,2-4,9-12H2,1H3/t13-,16+,17-/m1/s1. The minimum Gasteiger partial charge on any atom is -0.381 e. The summed E-state index contributed by atoms with van der Waals surface area (Å²) in [4.78, 5) is 15.2. The lowest BCUT2D eigenvalue weighted by Gasteiger charge is -2.31. The molecule has 1 aliphatic heterocycles. The number of carbonyl (C=O) groups excluding carboxylic acids is 1. The predicted octanol–water partition coefficient (Wildman–Crippen LogP) is 2.92. The van der Waals surface area contributed by atoms with E-state index in [0.717, 1.165) is 19.3 Å². The highest BCUT2D eigenvalue weighted by Gasteiger charge is 2.63. The van der Waals surface area contributed by atoms with Crippen LogP contribution < -0.4 is 0 Å². The van der Waals surface area contributed by atoms with Gasteiger partial charge in [0.25, 0.3) is 0 Å². The van der Waals surface area contributed by atoms with Crippen LogP contribution in [0.15, 0.2) is 29.2 Å². The highest BCUT2D eigenvalue weighted by molar-refractivity contribution is 7.94. The summed E-state index contributed by atoms with van der Waals surface area (Å²) in [5.41, 5.74) is 0. The van der Waals surface area contributed by atoms with E-state index in [1.807, 2.05) is 0 Å². The lowest BCUT2D eigenvalue weighted by molar-refractivity contribution is -0.130. The van der Waals surface area contributed by atoms with Crippen molar-refractivity contribution in [1.29, 1.82) is 0 Å². The van der Waals surface area contributed by atoms with Gasteiger partial charge in [-0.1, -0.05) is 18.0 Å². The number of likely N-dealkylation sites (tertiary alicyclic amines) is 1. The molecule has 7 heteroatoms. The third-order valence-corrected chi connectivity index (χ3v) is 9.11. The molecular formula is C19H24ClNO4S. The molecule has 3 atom stereocenters. The molecule has 1 heterocycles. The third kappa shape index (κ3) is 2.77. The lowest BCUT2D eigenvalue weighted by Crippen LogP contribution is -2.44. The molecule has 2 saturated carbocycles. The quantitative estimate of drug-likeness (QED) is 0.783. The number of nitrogens with zero attached hydrogens (tertiary/aromatic N) is 1. The zero-order valence-electron chi connectivity index (χ0n) is 14.9. The molecule has 2 aliphatic carbocycles. The Kier molecular flexibility index (Phi) is 4.56. The first kappa shape index (κ1) is 18.3. The van der Waals surface area contributed by atoms with Gasteiger partial charge >= 0.3 is 0 Å². The Hall–Kier alpha value is -1.11. The smallest absolute Gasteiger partial charge is 0.244 e. The molecule has 142 valence electrons. The summed E-state index contributed by atoms with van der Waals surface area (Å²) >= 11 is 5.87. The number of halogens is 1. The maximum Gasteiger partial charge on any atom is 0.244 e. The van der Waals surface area contributed by atoms with Crippen molar-refractivity contribution in [3.8, 4) is 0 Å². The summed E-state index contributed by atoms with van der Waals surface area (Å²) in [6, 6.07) is 6.11. The molecule has 0 radical (unpaired) electrons. The maximum absolute atomic E-state index is 13.2. The van der Waals surface area contributed by atoms with Crippen LogP contribution >= 0.6 is 11.6 Å². The Morgan fingerprint density at radius 3 is 2.50 bits per heavy atom. The molecule has 3 aliphatic rings. The van der Waals surface area contributed by atoms with Crippen molar-refractivity contribution in [3.05, 3.63) is 29.3 Å². The van der Waals surface area contributed by atoms with Crippen LogP contribution in [0.1, 0.15) is 32.1 Å². The van der Waals surface area contributed by atoms with Gasteiger partial charge in [-0.2, -0.15) is 0 Å². The van der Waals surface area contributed by atoms with E-state index >= 15 is 0 Å². The van der Waals surface area contributed by atoms with E-state index in [2.05, 4.69) is 0 Å². The Morgan fingerprint density at radius 1 is 1.19 bits per heavy atom. The van der Waals surface area contributed by atoms with Crippen LogP contribution in [-0.4, -0.2) is 50.3 Å². The molecule has 5 nitrogen and oxygen atoms in total. The summed E-state index contributed by atoms with van der Waals surface area (Å²) in [7, 11) is -1.99. The molecule has 1 saturated heterocycles. The molecule has 3 fully saturated rings. The van der Waals surface area contributed by atoms with Crippen molar-refractivity contribution in [1.82, 2.24) is 4.90 Å². The van der Waals surface area contributed by atoms with Crippen LogP contribution in [0.5, 0.6) is 0 Å². The van der Waals surface area contributed by atoms with Crippen LogP contribution in [-0.2, 0) is 19.4 Å². The number of methoxy groups -OCH3 is 1. The van der Waals surface area contributed by atoms with Crippen LogP contribution in [0.2, 0.25) is 5.02 Å². The topological polar surface area (TPSA) is 63.7 Å². The third-order valence-electron chi connectivity index (χ3n) is 6.35. The average molecular weight is 398 g/mol. The average Bonchev–Trinajstić information content (AvgIpc) is 3.34. The first-order valence-electron chi connectivity index (χ1n) is 9.21. The van der Waals surface area contributed by atoms with E-state index < -0.39 is 14.6 Å². The number of rotatable bonds is 4. The van der Waals surface area contributed by atoms with Crippen LogP contribution in [0, 0.1) is 11.8 Å². The number of hydrogen-bond acceptors (Lipinski definition) is 4. The lowest BCUT2D eigenvalue weighted by atomic mass is 9.79. The molecule has 1 amide bonds. The normalized spacial score (nSPS) is 30.1. The van der Waals surface area contributed by atoms with Crippen LogP contribution in [0.3, 0.4) is 0 Å². The van der Waals surface area contributed by atoms with Gasteiger partial charge in [-0.05, 0) is 55.9 Å². The summed E-state index contributed by atoms with van der Waals surface area (Å²) in [6.07, 6.45) is 4.19. The van der Waals surface area contributed by atoms with Crippen molar-refractivity contribution < 1.29 is 17.9 Å². The number of ether oxygens (including phenoxy) is 1. The second-order valence-electron chi connectivity index (χ2n) is 7.79. The number of fused-ring (bicyclic) bond motifs is 1. The van der Waals surface area contributed by atoms with Gasteiger partial charge in [-0.15, -0.1) is 0 Å². The molecule has 1 aromatic rings. The predicted molar refractivity (Wildman–Crippen MR) is 98.8 cm³/mol. The van der Waals surface area contributed by atoms with Gasteiger partial charge in [0.1, 0.15) is 0 Å². The minimum absolute atomic E-state index is 0.176. The van der Waals surface area contributed by atoms with Gasteiger partial charge in [0.2, 0.25) is 5.91 Å². The molecule has 4 rings (SSSR count). The molecule has 0 bridgehead atoms. The Bertz CT molecular complexity index is 803. The number of sulfone groups is 1. The first-order valence-corrected chi connectivity index (χ1v) is 11.1. The fourth-order valence-corrected chi connectivity index (χ4v) is 6.79.